The zero-order chi connectivity index (χ0) is 21.8. The van der Waals surface area contributed by atoms with E-state index in [1.54, 1.807) is 23.0 Å². The fourth-order valence-corrected chi connectivity index (χ4v) is 3.50. The number of benzene rings is 3. The summed E-state index contributed by atoms with van der Waals surface area (Å²) in [5.41, 5.74) is 2.51. The van der Waals surface area contributed by atoms with Crippen molar-refractivity contribution in [2.45, 2.75) is 19.1 Å². The molecule has 4 rings (SSSR count). The van der Waals surface area contributed by atoms with Crippen molar-refractivity contribution in [3.8, 4) is 11.4 Å². The maximum Gasteiger partial charge on any atom is 0.246 e. The summed E-state index contributed by atoms with van der Waals surface area (Å²) in [6, 6.07) is 20.9. The summed E-state index contributed by atoms with van der Waals surface area (Å²) < 4.78 is 21.2. The lowest BCUT2D eigenvalue weighted by molar-refractivity contribution is -0.125. The summed E-state index contributed by atoms with van der Waals surface area (Å²) in [7, 11) is 0. The van der Waals surface area contributed by atoms with Gasteiger partial charge in [-0.1, -0.05) is 30.3 Å². The summed E-state index contributed by atoms with van der Waals surface area (Å²) >= 11 is 0. The molecule has 0 radical (unpaired) electrons. The SMILES string of the molecule is C[C@H](NC(=O)CO)[C@@H](Oc1ccc2c(cnn2-c2ccc(F)cc2)c1)c1ccccc1. The third-order valence-electron chi connectivity index (χ3n) is 4.99. The molecule has 158 valence electrons. The third-order valence-corrected chi connectivity index (χ3v) is 4.99. The summed E-state index contributed by atoms with van der Waals surface area (Å²) in [6.45, 7) is 1.25. The second-order valence-electron chi connectivity index (χ2n) is 7.22. The molecule has 0 aliphatic heterocycles. The smallest absolute Gasteiger partial charge is 0.246 e. The molecule has 6 nitrogen and oxygen atoms in total. The van der Waals surface area contributed by atoms with Crippen LogP contribution in [0.25, 0.3) is 16.6 Å². The number of carbonyl (C=O) groups is 1. The monoisotopic (exact) mass is 419 g/mol. The highest BCUT2D eigenvalue weighted by Crippen LogP contribution is 2.29. The van der Waals surface area contributed by atoms with Gasteiger partial charge in [0.25, 0.3) is 0 Å². The van der Waals surface area contributed by atoms with Gasteiger partial charge in [-0.25, -0.2) is 9.07 Å². The molecule has 1 amide bonds. The van der Waals surface area contributed by atoms with Crippen LogP contribution in [-0.2, 0) is 4.79 Å². The predicted octanol–water partition coefficient (Wildman–Crippen LogP) is 3.78. The van der Waals surface area contributed by atoms with E-state index in [1.807, 2.05) is 55.5 Å². The summed E-state index contributed by atoms with van der Waals surface area (Å²) in [5, 5.41) is 17.1. The van der Waals surface area contributed by atoms with Crippen LogP contribution < -0.4 is 10.1 Å². The van der Waals surface area contributed by atoms with Crippen molar-refractivity contribution in [3.63, 3.8) is 0 Å². The van der Waals surface area contributed by atoms with Gasteiger partial charge in [-0.3, -0.25) is 4.79 Å². The van der Waals surface area contributed by atoms with E-state index in [2.05, 4.69) is 10.4 Å². The number of nitrogens with zero attached hydrogens (tertiary/aromatic N) is 2. The first-order valence-corrected chi connectivity index (χ1v) is 9.90. The van der Waals surface area contributed by atoms with Gasteiger partial charge in [0.1, 0.15) is 24.3 Å². The summed E-state index contributed by atoms with van der Waals surface area (Å²) in [5.74, 6) is -0.150. The second-order valence-corrected chi connectivity index (χ2v) is 7.22. The molecule has 7 heteroatoms. The van der Waals surface area contributed by atoms with E-state index < -0.39 is 18.6 Å². The number of rotatable bonds is 7. The highest BCUT2D eigenvalue weighted by Gasteiger charge is 2.23. The van der Waals surface area contributed by atoms with E-state index in [0.717, 1.165) is 22.2 Å². The molecule has 2 atom stereocenters. The Morgan fingerprint density at radius 3 is 2.58 bits per heavy atom. The third kappa shape index (κ3) is 4.57. The van der Waals surface area contributed by atoms with Crippen LogP contribution in [0.5, 0.6) is 5.75 Å². The Bertz CT molecular complexity index is 1180. The van der Waals surface area contributed by atoms with E-state index >= 15 is 0 Å². The van der Waals surface area contributed by atoms with Crippen LogP contribution in [0, 0.1) is 5.82 Å². The van der Waals surface area contributed by atoms with E-state index in [1.165, 1.54) is 12.1 Å². The Morgan fingerprint density at radius 2 is 1.87 bits per heavy atom. The van der Waals surface area contributed by atoms with Gasteiger partial charge in [-0.2, -0.15) is 5.10 Å². The molecular formula is C24H22FN3O3. The largest absolute Gasteiger partial charge is 0.484 e. The quantitative estimate of drug-likeness (QED) is 0.478. The van der Waals surface area contributed by atoms with Gasteiger partial charge < -0.3 is 15.2 Å². The molecule has 0 spiro atoms. The topological polar surface area (TPSA) is 76.4 Å². The summed E-state index contributed by atoms with van der Waals surface area (Å²) in [4.78, 5) is 11.7. The van der Waals surface area contributed by atoms with Crippen molar-refractivity contribution >= 4 is 16.8 Å². The van der Waals surface area contributed by atoms with Crippen LogP contribution in [0.2, 0.25) is 0 Å². The Morgan fingerprint density at radius 1 is 1.13 bits per heavy atom. The minimum atomic E-state index is -0.583. The van der Waals surface area contributed by atoms with Crippen molar-refractivity contribution in [2.24, 2.45) is 0 Å². The van der Waals surface area contributed by atoms with Crippen LogP contribution in [-0.4, -0.2) is 33.4 Å². The number of halogens is 1. The zero-order valence-electron chi connectivity index (χ0n) is 16.9. The Kier molecular flexibility index (Phi) is 5.95. The minimum Gasteiger partial charge on any atom is -0.484 e. The van der Waals surface area contributed by atoms with Crippen molar-refractivity contribution in [3.05, 3.63) is 90.4 Å². The molecule has 4 aromatic rings. The van der Waals surface area contributed by atoms with Crippen molar-refractivity contribution < 1.29 is 19.0 Å². The normalized spacial score (nSPS) is 13.0. The van der Waals surface area contributed by atoms with Crippen LogP contribution in [0.4, 0.5) is 4.39 Å². The van der Waals surface area contributed by atoms with Gasteiger partial charge in [0, 0.05) is 5.39 Å². The highest BCUT2D eigenvalue weighted by molar-refractivity contribution is 5.81. The van der Waals surface area contributed by atoms with E-state index in [4.69, 9.17) is 9.84 Å². The maximum atomic E-state index is 13.2. The Balaban J connectivity index is 1.63. The fraction of sp³-hybridized carbons (Fsp3) is 0.167. The van der Waals surface area contributed by atoms with Crippen LogP contribution in [0.3, 0.4) is 0 Å². The van der Waals surface area contributed by atoms with Gasteiger partial charge >= 0.3 is 0 Å². The molecule has 3 aromatic carbocycles. The second kappa shape index (κ2) is 8.97. The van der Waals surface area contributed by atoms with Crippen LogP contribution >= 0.6 is 0 Å². The molecule has 0 unspecified atom stereocenters. The molecule has 1 heterocycles. The number of hydrogen-bond donors (Lipinski definition) is 2. The standard InChI is InChI=1S/C24H22FN3O3/c1-16(27-23(30)15-29)24(17-5-3-2-4-6-17)31-21-11-12-22-18(13-21)14-26-28(22)20-9-7-19(25)8-10-20/h2-14,16,24,29H,15H2,1H3,(H,27,30)/t16-,24+/m0/s1. The lowest BCUT2D eigenvalue weighted by atomic mass is 10.0. The van der Waals surface area contributed by atoms with Crippen molar-refractivity contribution in [1.82, 2.24) is 15.1 Å². The van der Waals surface area contributed by atoms with E-state index in [9.17, 15) is 9.18 Å². The molecular weight excluding hydrogens is 397 g/mol. The molecule has 2 N–H and O–H groups in total. The molecule has 0 saturated heterocycles. The number of fused-ring (bicyclic) bond motifs is 1. The number of nitrogens with one attached hydrogen (secondary N) is 1. The van der Waals surface area contributed by atoms with E-state index in [-0.39, 0.29) is 11.9 Å². The minimum absolute atomic E-state index is 0.301. The predicted molar refractivity (Wildman–Crippen MR) is 116 cm³/mol. The van der Waals surface area contributed by atoms with Gasteiger partial charge in [-0.15, -0.1) is 0 Å². The number of amides is 1. The van der Waals surface area contributed by atoms with Gasteiger partial charge in [0.15, 0.2) is 0 Å². The molecule has 0 saturated carbocycles. The number of hydrogen-bond acceptors (Lipinski definition) is 4. The van der Waals surface area contributed by atoms with E-state index in [0.29, 0.717) is 5.75 Å². The van der Waals surface area contributed by atoms with Crippen LogP contribution in [0.15, 0.2) is 79.0 Å². The number of aromatic nitrogens is 2. The van der Waals surface area contributed by atoms with Crippen molar-refractivity contribution in [2.75, 3.05) is 6.61 Å². The lowest BCUT2D eigenvalue weighted by Gasteiger charge is -2.26. The molecule has 0 aliphatic rings. The number of carbonyl (C=O) groups excluding carboxylic acids is 1. The van der Waals surface area contributed by atoms with Crippen LogP contribution in [0.1, 0.15) is 18.6 Å². The average Bonchev–Trinajstić information content (AvgIpc) is 3.21. The molecule has 31 heavy (non-hydrogen) atoms. The maximum absolute atomic E-state index is 13.2. The molecule has 0 bridgehead atoms. The number of aliphatic hydroxyl groups is 1. The highest BCUT2D eigenvalue weighted by atomic mass is 19.1. The average molecular weight is 419 g/mol. The number of aliphatic hydroxyl groups excluding tert-OH is 1. The first kappa shape index (κ1) is 20.6. The first-order valence-electron chi connectivity index (χ1n) is 9.90. The summed E-state index contributed by atoms with van der Waals surface area (Å²) in [6.07, 6.45) is 1.27. The fourth-order valence-electron chi connectivity index (χ4n) is 3.50. The first-order chi connectivity index (χ1) is 15.0. The molecule has 0 fully saturated rings. The molecule has 1 aromatic heterocycles. The zero-order valence-corrected chi connectivity index (χ0v) is 16.9. The number of ether oxygens (including phenoxy) is 1. The Hall–Kier alpha value is -3.71. The lowest BCUT2D eigenvalue weighted by Crippen LogP contribution is -2.40. The van der Waals surface area contributed by atoms with Gasteiger partial charge in [-0.05, 0) is 55.0 Å². The van der Waals surface area contributed by atoms with Gasteiger partial charge in [0.05, 0.1) is 23.4 Å². The van der Waals surface area contributed by atoms with Crippen molar-refractivity contribution in [1.29, 1.82) is 0 Å². The Labute approximate surface area is 178 Å². The van der Waals surface area contributed by atoms with Gasteiger partial charge in [0.2, 0.25) is 5.91 Å². The molecule has 0 aliphatic carbocycles.